The van der Waals surface area contributed by atoms with Gasteiger partial charge in [0.05, 0.1) is 0 Å². The Morgan fingerprint density at radius 2 is 2.25 bits per heavy atom. The first-order valence-corrected chi connectivity index (χ1v) is 6.16. The summed E-state index contributed by atoms with van der Waals surface area (Å²) < 4.78 is 5.44. The molecule has 16 heavy (non-hydrogen) atoms. The van der Waals surface area contributed by atoms with E-state index in [1.54, 1.807) is 23.5 Å². The van der Waals surface area contributed by atoms with Gasteiger partial charge in [0.15, 0.2) is 0 Å². The molecule has 0 aliphatic carbocycles. The van der Waals surface area contributed by atoms with Gasteiger partial charge in [0.2, 0.25) is 0 Å². The van der Waals surface area contributed by atoms with E-state index in [4.69, 9.17) is 16.3 Å². The third kappa shape index (κ3) is 2.98. The molecule has 1 atom stereocenters. The molecule has 1 aromatic heterocycles. The van der Waals surface area contributed by atoms with Crippen LogP contribution in [0.15, 0.2) is 41.1 Å². The van der Waals surface area contributed by atoms with Crippen molar-refractivity contribution in [1.82, 2.24) is 0 Å². The van der Waals surface area contributed by atoms with Crippen LogP contribution in [0.1, 0.15) is 11.7 Å². The highest BCUT2D eigenvalue weighted by Crippen LogP contribution is 2.20. The topological polar surface area (TPSA) is 29.5 Å². The number of benzene rings is 1. The minimum Gasteiger partial charge on any atom is -0.490 e. The maximum atomic E-state index is 9.79. The zero-order valence-corrected chi connectivity index (χ0v) is 10.0. The number of rotatable bonds is 4. The smallest absolute Gasteiger partial charge is 0.120 e. The molecule has 1 N–H and O–H groups in total. The van der Waals surface area contributed by atoms with E-state index < -0.39 is 6.10 Å². The van der Waals surface area contributed by atoms with E-state index >= 15 is 0 Å². The maximum absolute atomic E-state index is 9.79. The van der Waals surface area contributed by atoms with Gasteiger partial charge in [0, 0.05) is 5.02 Å². The lowest BCUT2D eigenvalue weighted by Crippen LogP contribution is -2.08. The first-order valence-electron chi connectivity index (χ1n) is 4.84. The summed E-state index contributed by atoms with van der Waals surface area (Å²) in [5.74, 6) is 0.668. The summed E-state index contributed by atoms with van der Waals surface area (Å²) >= 11 is 7.37. The highest BCUT2D eigenvalue weighted by Gasteiger charge is 2.08. The van der Waals surface area contributed by atoms with Crippen molar-refractivity contribution in [2.45, 2.75) is 6.10 Å². The van der Waals surface area contributed by atoms with E-state index in [9.17, 15) is 5.11 Å². The Bertz CT molecular complexity index is 442. The van der Waals surface area contributed by atoms with Crippen molar-refractivity contribution < 1.29 is 9.84 Å². The summed E-state index contributed by atoms with van der Waals surface area (Å²) in [4.78, 5) is 0. The van der Waals surface area contributed by atoms with Gasteiger partial charge in [-0.2, -0.15) is 11.3 Å². The molecule has 0 amide bonds. The number of ether oxygens (including phenoxy) is 1. The van der Waals surface area contributed by atoms with Crippen LogP contribution in [-0.2, 0) is 0 Å². The number of hydrogen-bond donors (Lipinski definition) is 1. The number of halogens is 1. The van der Waals surface area contributed by atoms with Crippen molar-refractivity contribution >= 4 is 22.9 Å². The van der Waals surface area contributed by atoms with Crippen LogP contribution in [0.5, 0.6) is 5.75 Å². The van der Waals surface area contributed by atoms with Crippen LogP contribution in [-0.4, -0.2) is 11.7 Å². The summed E-state index contributed by atoms with van der Waals surface area (Å²) in [6.45, 7) is 0.233. The number of aliphatic hydroxyl groups excluding tert-OH is 1. The third-order valence-corrected chi connectivity index (χ3v) is 3.07. The predicted molar refractivity (Wildman–Crippen MR) is 66.2 cm³/mol. The Balaban J connectivity index is 1.92. The lowest BCUT2D eigenvalue weighted by Gasteiger charge is -2.11. The SMILES string of the molecule is OC(COc1cccc(Cl)c1)c1ccsc1. The van der Waals surface area contributed by atoms with Gasteiger partial charge < -0.3 is 9.84 Å². The first-order chi connectivity index (χ1) is 7.75. The second-order valence-electron chi connectivity index (χ2n) is 3.34. The van der Waals surface area contributed by atoms with E-state index in [2.05, 4.69) is 0 Å². The van der Waals surface area contributed by atoms with E-state index in [0.717, 1.165) is 5.56 Å². The van der Waals surface area contributed by atoms with Gasteiger partial charge in [-0.1, -0.05) is 17.7 Å². The molecule has 1 aromatic carbocycles. The van der Waals surface area contributed by atoms with Crippen molar-refractivity contribution in [3.05, 3.63) is 51.7 Å². The molecule has 2 aromatic rings. The molecule has 0 saturated carbocycles. The Hall–Kier alpha value is -1.03. The van der Waals surface area contributed by atoms with Gasteiger partial charge in [-0.25, -0.2) is 0 Å². The minimum absolute atomic E-state index is 0.233. The Kier molecular flexibility index (Phi) is 3.83. The highest BCUT2D eigenvalue weighted by atomic mass is 35.5. The lowest BCUT2D eigenvalue weighted by atomic mass is 10.2. The minimum atomic E-state index is -0.592. The summed E-state index contributed by atoms with van der Waals surface area (Å²) in [6.07, 6.45) is -0.592. The van der Waals surface area contributed by atoms with Gasteiger partial charge in [0.1, 0.15) is 18.5 Å². The Labute approximate surface area is 103 Å². The summed E-state index contributed by atoms with van der Waals surface area (Å²) in [5, 5.41) is 14.3. The molecule has 0 aliphatic heterocycles. The quantitative estimate of drug-likeness (QED) is 0.905. The van der Waals surface area contributed by atoms with E-state index in [0.29, 0.717) is 10.8 Å². The molecule has 1 heterocycles. The van der Waals surface area contributed by atoms with Crippen LogP contribution < -0.4 is 4.74 Å². The first kappa shape index (κ1) is 11.5. The molecule has 0 spiro atoms. The second kappa shape index (κ2) is 5.34. The molecule has 0 radical (unpaired) electrons. The average Bonchev–Trinajstić information content (AvgIpc) is 2.79. The van der Waals surface area contributed by atoms with Gasteiger partial charge in [-0.3, -0.25) is 0 Å². The van der Waals surface area contributed by atoms with Crippen LogP contribution in [0.2, 0.25) is 5.02 Å². The Morgan fingerprint density at radius 3 is 2.94 bits per heavy atom. The van der Waals surface area contributed by atoms with Crippen molar-refractivity contribution in [2.75, 3.05) is 6.61 Å². The molecule has 2 nitrogen and oxygen atoms in total. The van der Waals surface area contributed by atoms with Crippen molar-refractivity contribution in [3.63, 3.8) is 0 Å². The largest absolute Gasteiger partial charge is 0.490 e. The van der Waals surface area contributed by atoms with Crippen LogP contribution in [0.25, 0.3) is 0 Å². The molecule has 0 fully saturated rings. The van der Waals surface area contributed by atoms with Crippen molar-refractivity contribution in [1.29, 1.82) is 0 Å². The normalized spacial score (nSPS) is 12.4. The standard InChI is InChI=1S/C12H11ClO2S/c13-10-2-1-3-11(6-10)15-7-12(14)9-4-5-16-8-9/h1-6,8,12,14H,7H2. The molecule has 0 aliphatic rings. The molecule has 2 rings (SSSR count). The molecule has 0 saturated heterocycles. The van der Waals surface area contributed by atoms with Gasteiger partial charge in [0.25, 0.3) is 0 Å². The fourth-order valence-electron chi connectivity index (χ4n) is 1.29. The highest BCUT2D eigenvalue weighted by molar-refractivity contribution is 7.07. The third-order valence-electron chi connectivity index (χ3n) is 2.13. The molecule has 84 valence electrons. The van der Waals surface area contributed by atoms with E-state index in [1.807, 2.05) is 29.0 Å². The second-order valence-corrected chi connectivity index (χ2v) is 4.56. The van der Waals surface area contributed by atoms with Crippen LogP contribution in [0.3, 0.4) is 0 Å². The van der Waals surface area contributed by atoms with Crippen LogP contribution >= 0.6 is 22.9 Å². The summed E-state index contributed by atoms with van der Waals surface area (Å²) in [7, 11) is 0. The van der Waals surface area contributed by atoms with Crippen LogP contribution in [0, 0.1) is 0 Å². The lowest BCUT2D eigenvalue weighted by molar-refractivity contribution is 0.108. The number of thiophene rings is 1. The van der Waals surface area contributed by atoms with E-state index in [-0.39, 0.29) is 6.61 Å². The molecule has 0 bridgehead atoms. The van der Waals surface area contributed by atoms with E-state index in [1.165, 1.54) is 0 Å². The zero-order chi connectivity index (χ0) is 11.4. The molecule has 4 heteroatoms. The molecule has 1 unspecified atom stereocenters. The zero-order valence-electron chi connectivity index (χ0n) is 8.47. The molecular formula is C12H11ClO2S. The maximum Gasteiger partial charge on any atom is 0.120 e. The number of aliphatic hydroxyl groups is 1. The molecular weight excluding hydrogens is 244 g/mol. The Morgan fingerprint density at radius 1 is 1.38 bits per heavy atom. The summed E-state index contributed by atoms with van der Waals surface area (Å²) in [5.41, 5.74) is 0.882. The fraction of sp³-hybridized carbons (Fsp3) is 0.167. The van der Waals surface area contributed by atoms with Crippen LogP contribution in [0.4, 0.5) is 0 Å². The van der Waals surface area contributed by atoms with Gasteiger partial charge in [-0.15, -0.1) is 0 Å². The average molecular weight is 255 g/mol. The van der Waals surface area contributed by atoms with Gasteiger partial charge >= 0.3 is 0 Å². The fourth-order valence-corrected chi connectivity index (χ4v) is 2.18. The monoisotopic (exact) mass is 254 g/mol. The number of hydrogen-bond acceptors (Lipinski definition) is 3. The summed E-state index contributed by atoms with van der Waals surface area (Å²) in [6, 6.07) is 9.02. The predicted octanol–water partition coefficient (Wildman–Crippen LogP) is 3.51. The van der Waals surface area contributed by atoms with Crippen molar-refractivity contribution in [2.24, 2.45) is 0 Å². The van der Waals surface area contributed by atoms with Gasteiger partial charge in [-0.05, 0) is 40.6 Å². The van der Waals surface area contributed by atoms with Crippen molar-refractivity contribution in [3.8, 4) is 5.75 Å².